The molecular weight excluding hydrogens is 643 g/mol. The molecular formula is C45H33N5S. The number of imidazole rings is 1. The van der Waals surface area contributed by atoms with E-state index in [0.717, 1.165) is 57.6 Å². The van der Waals surface area contributed by atoms with E-state index in [9.17, 15) is 0 Å². The van der Waals surface area contributed by atoms with Crippen molar-refractivity contribution in [2.75, 3.05) is 0 Å². The molecule has 3 heterocycles. The summed E-state index contributed by atoms with van der Waals surface area (Å²) in [6, 6.07) is 48.7. The van der Waals surface area contributed by atoms with Crippen molar-refractivity contribution in [2.45, 2.75) is 38.1 Å². The average molecular weight is 676 g/mol. The molecule has 1 saturated carbocycles. The minimum Gasteiger partial charge on any atom is -0.320 e. The number of para-hydroxylation sites is 2. The molecule has 0 amide bonds. The van der Waals surface area contributed by atoms with E-state index in [2.05, 4.69) is 143 Å². The SMILES string of the molecule is c1ccc2c(c1)c1ccccc1c1c2nc(-c2ccc(-c3ccc(-n4c5ccccc5c5ccccc54)cc3)c3nsnc23)n1C1CCCCC1. The molecule has 244 valence electrons. The van der Waals surface area contributed by atoms with Gasteiger partial charge in [0.25, 0.3) is 0 Å². The summed E-state index contributed by atoms with van der Waals surface area (Å²) in [6.07, 6.45) is 6.11. The molecule has 0 spiro atoms. The number of fused-ring (bicyclic) bond motifs is 10. The van der Waals surface area contributed by atoms with E-state index < -0.39 is 0 Å². The fourth-order valence-corrected chi connectivity index (χ4v) is 9.46. The molecule has 11 rings (SSSR count). The Hall–Kier alpha value is -5.85. The second-order valence-corrected chi connectivity index (χ2v) is 14.5. The van der Waals surface area contributed by atoms with E-state index >= 15 is 0 Å². The van der Waals surface area contributed by atoms with Crippen molar-refractivity contribution in [3.8, 4) is 28.2 Å². The van der Waals surface area contributed by atoms with Gasteiger partial charge in [-0.15, -0.1) is 0 Å². The van der Waals surface area contributed by atoms with Crippen molar-refractivity contribution in [3.63, 3.8) is 0 Å². The third kappa shape index (κ3) is 4.29. The van der Waals surface area contributed by atoms with Crippen molar-refractivity contribution in [1.82, 2.24) is 22.9 Å². The summed E-state index contributed by atoms with van der Waals surface area (Å²) in [5.74, 6) is 1.00. The second-order valence-electron chi connectivity index (χ2n) is 13.9. The van der Waals surface area contributed by atoms with Crippen molar-refractivity contribution >= 4 is 77.1 Å². The van der Waals surface area contributed by atoms with Gasteiger partial charge in [-0.3, -0.25) is 0 Å². The molecule has 0 bridgehead atoms. The lowest BCUT2D eigenvalue weighted by Gasteiger charge is -2.26. The molecule has 0 N–H and O–H groups in total. The van der Waals surface area contributed by atoms with Crippen LogP contribution in [0.2, 0.25) is 0 Å². The van der Waals surface area contributed by atoms with Gasteiger partial charge in [-0.1, -0.05) is 122 Å². The van der Waals surface area contributed by atoms with Gasteiger partial charge in [-0.05, 0) is 59.5 Å². The highest BCUT2D eigenvalue weighted by molar-refractivity contribution is 7.00. The second kappa shape index (κ2) is 11.3. The van der Waals surface area contributed by atoms with Crippen LogP contribution in [0.1, 0.15) is 38.1 Å². The summed E-state index contributed by atoms with van der Waals surface area (Å²) < 4.78 is 14.8. The molecule has 0 unspecified atom stereocenters. The van der Waals surface area contributed by atoms with Crippen molar-refractivity contribution < 1.29 is 0 Å². The van der Waals surface area contributed by atoms with Gasteiger partial charge >= 0.3 is 0 Å². The Balaban J connectivity index is 1.09. The quantitative estimate of drug-likeness (QED) is 0.174. The maximum Gasteiger partial charge on any atom is 0.143 e. The van der Waals surface area contributed by atoms with Gasteiger partial charge in [-0.2, -0.15) is 8.75 Å². The summed E-state index contributed by atoms with van der Waals surface area (Å²) in [4.78, 5) is 5.56. The summed E-state index contributed by atoms with van der Waals surface area (Å²) in [5.41, 5.74) is 11.0. The van der Waals surface area contributed by atoms with Crippen LogP contribution in [0.5, 0.6) is 0 Å². The molecule has 1 aliphatic carbocycles. The highest BCUT2D eigenvalue weighted by atomic mass is 32.1. The van der Waals surface area contributed by atoms with Crippen LogP contribution in [0.25, 0.3) is 93.6 Å². The smallest absolute Gasteiger partial charge is 0.143 e. The number of hydrogen-bond acceptors (Lipinski definition) is 4. The Kier molecular flexibility index (Phi) is 6.43. The normalized spacial score (nSPS) is 14.2. The lowest BCUT2D eigenvalue weighted by atomic mass is 9.94. The van der Waals surface area contributed by atoms with Gasteiger partial charge in [0.1, 0.15) is 16.9 Å². The minimum atomic E-state index is 0.387. The van der Waals surface area contributed by atoms with Crippen molar-refractivity contribution in [1.29, 1.82) is 0 Å². The van der Waals surface area contributed by atoms with E-state index in [-0.39, 0.29) is 0 Å². The number of aromatic nitrogens is 5. The molecule has 7 aromatic carbocycles. The summed E-state index contributed by atoms with van der Waals surface area (Å²) in [6.45, 7) is 0. The van der Waals surface area contributed by atoms with Gasteiger partial charge in [0.2, 0.25) is 0 Å². The molecule has 10 aromatic rings. The zero-order valence-corrected chi connectivity index (χ0v) is 28.8. The molecule has 51 heavy (non-hydrogen) atoms. The van der Waals surface area contributed by atoms with Crippen molar-refractivity contribution in [2.24, 2.45) is 0 Å². The van der Waals surface area contributed by atoms with Crippen LogP contribution in [-0.2, 0) is 0 Å². The molecule has 6 heteroatoms. The maximum atomic E-state index is 5.56. The lowest BCUT2D eigenvalue weighted by molar-refractivity contribution is 0.362. The third-order valence-corrected chi connectivity index (χ3v) is 11.7. The van der Waals surface area contributed by atoms with E-state index in [4.69, 9.17) is 13.7 Å². The Morgan fingerprint density at radius 1 is 0.490 bits per heavy atom. The summed E-state index contributed by atoms with van der Waals surface area (Å²) in [7, 11) is 0. The molecule has 0 atom stereocenters. The number of nitrogens with zero attached hydrogens (tertiary/aromatic N) is 5. The molecule has 1 fully saturated rings. The van der Waals surface area contributed by atoms with Gasteiger partial charge in [0.05, 0.1) is 33.8 Å². The number of hydrogen-bond donors (Lipinski definition) is 0. The molecule has 1 aliphatic rings. The zero-order valence-electron chi connectivity index (χ0n) is 28.0. The van der Waals surface area contributed by atoms with Crippen molar-refractivity contribution in [3.05, 3.63) is 133 Å². The summed E-state index contributed by atoms with van der Waals surface area (Å²) in [5, 5.41) is 7.54. The van der Waals surface area contributed by atoms with E-state index in [1.165, 1.54) is 79.9 Å². The summed E-state index contributed by atoms with van der Waals surface area (Å²) >= 11 is 1.29. The molecule has 0 radical (unpaired) electrons. The highest BCUT2D eigenvalue weighted by Gasteiger charge is 2.27. The number of rotatable bonds is 4. The molecule has 3 aromatic heterocycles. The first-order valence-corrected chi connectivity index (χ1v) is 18.7. The Morgan fingerprint density at radius 2 is 1.04 bits per heavy atom. The zero-order chi connectivity index (χ0) is 33.5. The van der Waals surface area contributed by atoms with Gasteiger partial charge in [0.15, 0.2) is 0 Å². The lowest BCUT2D eigenvalue weighted by Crippen LogP contribution is -2.14. The topological polar surface area (TPSA) is 48.5 Å². The third-order valence-electron chi connectivity index (χ3n) is 11.2. The van der Waals surface area contributed by atoms with Crippen LogP contribution in [0.15, 0.2) is 133 Å². The van der Waals surface area contributed by atoms with Gasteiger partial charge < -0.3 is 9.13 Å². The average Bonchev–Trinajstić information content (AvgIpc) is 3.94. The predicted octanol–water partition coefficient (Wildman–Crippen LogP) is 12.3. The van der Waals surface area contributed by atoms with Crippen LogP contribution in [0.4, 0.5) is 0 Å². The van der Waals surface area contributed by atoms with E-state index in [0.29, 0.717) is 6.04 Å². The fraction of sp³-hybridized carbons (Fsp3) is 0.133. The van der Waals surface area contributed by atoms with E-state index in [1.807, 2.05) is 0 Å². The number of benzene rings is 7. The van der Waals surface area contributed by atoms with Crippen LogP contribution < -0.4 is 0 Å². The molecule has 5 nitrogen and oxygen atoms in total. The first kappa shape index (κ1) is 28.9. The Labute approximate surface area is 298 Å². The monoisotopic (exact) mass is 675 g/mol. The Morgan fingerprint density at radius 3 is 1.73 bits per heavy atom. The first-order chi connectivity index (χ1) is 25.3. The van der Waals surface area contributed by atoms with Gasteiger partial charge in [-0.25, -0.2) is 4.98 Å². The van der Waals surface area contributed by atoms with Crippen LogP contribution in [-0.4, -0.2) is 22.9 Å². The van der Waals surface area contributed by atoms with Crippen LogP contribution in [0.3, 0.4) is 0 Å². The van der Waals surface area contributed by atoms with E-state index in [1.54, 1.807) is 0 Å². The maximum absolute atomic E-state index is 5.56. The van der Waals surface area contributed by atoms with Crippen LogP contribution in [0, 0.1) is 0 Å². The largest absolute Gasteiger partial charge is 0.320 e. The predicted molar refractivity (Wildman–Crippen MR) is 213 cm³/mol. The molecule has 0 aliphatic heterocycles. The highest BCUT2D eigenvalue weighted by Crippen LogP contribution is 2.44. The standard InChI is InChI=1S/C45H33N5S/c1-2-12-29(13-3-1)50-44-37-19-7-5-15-33(37)32-14-4-6-18-36(32)43(44)46-45(50)38-27-26-31(41-42(38)48-51-47-41)28-22-24-30(25-23-28)49-39-20-10-8-16-34(39)35-17-9-11-21-40(35)49/h4-11,14-27,29H,1-3,12-13H2. The minimum absolute atomic E-state index is 0.387. The van der Waals surface area contributed by atoms with Crippen LogP contribution >= 0.6 is 11.7 Å². The fourth-order valence-electron chi connectivity index (χ4n) is 8.88. The first-order valence-electron chi connectivity index (χ1n) is 18.0. The van der Waals surface area contributed by atoms with Gasteiger partial charge in [0, 0.05) is 44.4 Å². The molecule has 0 saturated heterocycles. The Bertz CT molecular complexity index is 2910.